The molecule has 0 unspecified atom stereocenters. The number of halogens is 2. The first kappa shape index (κ1) is 22.6. The second kappa shape index (κ2) is 10.0. The average molecular weight is 389 g/mol. The van der Waals surface area contributed by atoms with Crippen molar-refractivity contribution in [2.45, 2.75) is 58.1 Å². The van der Waals surface area contributed by atoms with E-state index in [2.05, 4.69) is 55.3 Å². The molecule has 1 aliphatic heterocycles. The minimum Gasteiger partial charge on any atom is -0.488 e. The Bertz CT molecular complexity index is 489. The number of hydrogen-bond acceptors (Lipinski definition) is 3. The third-order valence-corrected chi connectivity index (χ3v) is 5.04. The molecule has 5 heteroatoms. The van der Waals surface area contributed by atoms with Crippen molar-refractivity contribution in [3.05, 3.63) is 29.8 Å². The molecular formula is C20H34Cl2N2O. The van der Waals surface area contributed by atoms with Gasteiger partial charge in [0.05, 0.1) is 0 Å². The molecule has 2 fully saturated rings. The van der Waals surface area contributed by atoms with Gasteiger partial charge in [-0.1, -0.05) is 25.0 Å². The first-order chi connectivity index (χ1) is 11.0. The van der Waals surface area contributed by atoms with Crippen LogP contribution in [0.1, 0.15) is 58.1 Å². The van der Waals surface area contributed by atoms with Gasteiger partial charge in [0.1, 0.15) is 11.4 Å². The van der Waals surface area contributed by atoms with Crippen LogP contribution in [0.2, 0.25) is 0 Å². The molecule has 1 aromatic rings. The molecule has 1 heterocycles. The van der Waals surface area contributed by atoms with Crippen LogP contribution >= 0.6 is 24.8 Å². The highest BCUT2D eigenvalue weighted by Crippen LogP contribution is 2.40. The summed E-state index contributed by atoms with van der Waals surface area (Å²) >= 11 is 0. The van der Waals surface area contributed by atoms with Gasteiger partial charge in [0.15, 0.2) is 0 Å². The lowest BCUT2D eigenvalue weighted by atomic mass is 9.89. The van der Waals surface area contributed by atoms with Crippen molar-refractivity contribution in [3.63, 3.8) is 0 Å². The van der Waals surface area contributed by atoms with Crippen molar-refractivity contribution >= 4 is 24.8 Å². The summed E-state index contributed by atoms with van der Waals surface area (Å²) in [7, 11) is 0. The highest BCUT2D eigenvalue weighted by Gasteiger charge is 2.31. The minimum atomic E-state index is -0.134. The van der Waals surface area contributed by atoms with Crippen molar-refractivity contribution in [3.8, 4) is 5.75 Å². The van der Waals surface area contributed by atoms with Crippen molar-refractivity contribution < 1.29 is 4.74 Å². The molecule has 3 rings (SSSR count). The van der Waals surface area contributed by atoms with Gasteiger partial charge in [0.25, 0.3) is 0 Å². The number of ether oxygens (including phenoxy) is 1. The Morgan fingerprint density at radius 1 is 1.00 bits per heavy atom. The largest absolute Gasteiger partial charge is 0.488 e. The summed E-state index contributed by atoms with van der Waals surface area (Å²) in [6.45, 7) is 10.9. The lowest BCUT2D eigenvalue weighted by molar-refractivity contribution is 0.124. The maximum Gasteiger partial charge on any atom is 0.120 e. The third kappa shape index (κ3) is 6.32. The minimum absolute atomic E-state index is 0. The maximum absolute atomic E-state index is 5.98. The maximum atomic E-state index is 5.98. The van der Waals surface area contributed by atoms with Crippen LogP contribution in [0, 0.1) is 5.92 Å². The van der Waals surface area contributed by atoms with Crippen LogP contribution in [-0.2, 0) is 0 Å². The van der Waals surface area contributed by atoms with E-state index in [0.717, 1.165) is 24.8 Å². The molecule has 0 aromatic heterocycles. The van der Waals surface area contributed by atoms with Gasteiger partial charge in [-0.25, -0.2) is 0 Å². The Kier molecular flexibility index (Phi) is 9.03. The summed E-state index contributed by atoms with van der Waals surface area (Å²) in [5.41, 5.74) is 1.34. The highest BCUT2D eigenvalue weighted by molar-refractivity contribution is 5.85. The van der Waals surface area contributed by atoms with E-state index in [9.17, 15) is 0 Å². The summed E-state index contributed by atoms with van der Waals surface area (Å²) in [5.74, 6) is 1.80. The number of rotatable bonds is 4. The Morgan fingerprint density at radius 2 is 1.56 bits per heavy atom. The SMILES string of the molecule is CC(C)(C)Oc1ccc([C@H](C2CCCC2)N2CCNCC2)cc1.Cl.Cl. The Hall–Kier alpha value is -0.480. The average Bonchev–Trinajstić information content (AvgIpc) is 3.03. The molecular weight excluding hydrogens is 355 g/mol. The van der Waals surface area contributed by atoms with E-state index in [1.165, 1.54) is 44.3 Å². The summed E-state index contributed by atoms with van der Waals surface area (Å²) in [6, 6.07) is 9.50. The predicted octanol–water partition coefficient (Wildman–Crippen LogP) is 4.84. The van der Waals surface area contributed by atoms with E-state index in [4.69, 9.17) is 4.74 Å². The molecule has 3 nitrogen and oxygen atoms in total. The number of benzene rings is 1. The van der Waals surface area contributed by atoms with Gasteiger partial charge in [0, 0.05) is 32.2 Å². The molecule has 0 bridgehead atoms. The van der Waals surface area contributed by atoms with E-state index in [1.807, 2.05) is 0 Å². The van der Waals surface area contributed by atoms with Gasteiger partial charge in [0.2, 0.25) is 0 Å². The van der Waals surface area contributed by atoms with Gasteiger partial charge in [-0.05, 0) is 57.2 Å². The van der Waals surface area contributed by atoms with Crippen LogP contribution in [0.3, 0.4) is 0 Å². The zero-order valence-electron chi connectivity index (χ0n) is 15.8. The third-order valence-electron chi connectivity index (χ3n) is 5.04. The molecule has 1 saturated carbocycles. The number of nitrogens with zero attached hydrogens (tertiary/aromatic N) is 1. The molecule has 1 N–H and O–H groups in total. The van der Waals surface area contributed by atoms with Crippen LogP contribution in [0.15, 0.2) is 24.3 Å². The van der Waals surface area contributed by atoms with Crippen molar-refractivity contribution in [2.75, 3.05) is 26.2 Å². The topological polar surface area (TPSA) is 24.5 Å². The molecule has 1 aliphatic carbocycles. The Balaban J connectivity index is 0.00000156. The first-order valence-electron chi connectivity index (χ1n) is 9.27. The van der Waals surface area contributed by atoms with E-state index >= 15 is 0 Å². The molecule has 0 amide bonds. The van der Waals surface area contributed by atoms with Crippen molar-refractivity contribution in [1.29, 1.82) is 0 Å². The second-order valence-electron chi connectivity index (χ2n) is 8.06. The van der Waals surface area contributed by atoms with Gasteiger partial charge >= 0.3 is 0 Å². The molecule has 144 valence electrons. The predicted molar refractivity (Wildman–Crippen MR) is 110 cm³/mol. The Labute approximate surface area is 165 Å². The summed E-state index contributed by atoms with van der Waals surface area (Å²) in [6.07, 6.45) is 5.57. The van der Waals surface area contributed by atoms with Crippen molar-refractivity contribution in [2.24, 2.45) is 5.92 Å². The molecule has 1 saturated heterocycles. The monoisotopic (exact) mass is 388 g/mol. The normalized spacial score (nSPS) is 20.4. The number of hydrogen-bond donors (Lipinski definition) is 1. The number of piperazine rings is 1. The summed E-state index contributed by atoms with van der Waals surface area (Å²) in [4.78, 5) is 2.70. The van der Waals surface area contributed by atoms with E-state index in [-0.39, 0.29) is 30.4 Å². The molecule has 1 atom stereocenters. The second-order valence-corrected chi connectivity index (χ2v) is 8.06. The molecule has 0 radical (unpaired) electrons. The van der Waals surface area contributed by atoms with E-state index in [1.54, 1.807) is 0 Å². The molecule has 1 aromatic carbocycles. The van der Waals surface area contributed by atoms with Crippen LogP contribution in [-0.4, -0.2) is 36.7 Å². The van der Waals surface area contributed by atoms with E-state index < -0.39 is 0 Å². The van der Waals surface area contributed by atoms with Crippen molar-refractivity contribution in [1.82, 2.24) is 10.2 Å². The zero-order chi connectivity index (χ0) is 16.3. The fourth-order valence-electron chi connectivity index (χ4n) is 4.10. The molecule has 25 heavy (non-hydrogen) atoms. The Morgan fingerprint density at radius 3 is 2.08 bits per heavy atom. The quantitative estimate of drug-likeness (QED) is 0.797. The summed E-state index contributed by atoms with van der Waals surface area (Å²) in [5, 5.41) is 3.48. The fraction of sp³-hybridized carbons (Fsp3) is 0.700. The number of nitrogens with one attached hydrogen (secondary N) is 1. The van der Waals surface area contributed by atoms with Crippen LogP contribution < -0.4 is 10.1 Å². The molecule has 0 spiro atoms. The van der Waals surface area contributed by atoms with Crippen LogP contribution in [0.5, 0.6) is 5.75 Å². The smallest absolute Gasteiger partial charge is 0.120 e. The van der Waals surface area contributed by atoms with Gasteiger partial charge in [-0.3, -0.25) is 4.90 Å². The molecule has 2 aliphatic rings. The lowest BCUT2D eigenvalue weighted by Crippen LogP contribution is -2.46. The van der Waals surface area contributed by atoms with Gasteiger partial charge < -0.3 is 10.1 Å². The van der Waals surface area contributed by atoms with Gasteiger partial charge in [-0.2, -0.15) is 0 Å². The van der Waals surface area contributed by atoms with E-state index in [0.29, 0.717) is 6.04 Å². The highest BCUT2D eigenvalue weighted by atomic mass is 35.5. The standard InChI is InChI=1S/C20H32N2O.2ClH/c1-20(2,3)23-18-10-8-17(9-11-18)19(16-6-4-5-7-16)22-14-12-21-13-15-22;;/h8-11,16,19,21H,4-7,12-15H2,1-3H3;2*1H/t19-;;/m0../s1. The zero-order valence-corrected chi connectivity index (χ0v) is 17.4. The van der Waals surface area contributed by atoms with Crippen LogP contribution in [0.4, 0.5) is 0 Å². The summed E-state index contributed by atoms with van der Waals surface area (Å²) < 4.78 is 5.98. The van der Waals surface area contributed by atoms with Gasteiger partial charge in [-0.15, -0.1) is 24.8 Å². The fourth-order valence-corrected chi connectivity index (χ4v) is 4.10. The van der Waals surface area contributed by atoms with Crippen LogP contribution in [0.25, 0.3) is 0 Å². The lowest BCUT2D eigenvalue weighted by Gasteiger charge is -2.38. The first-order valence-corrected chi connectivity index (χ1v) is 9.27.